The van der Waals surface area contributed by atoms with E-state index in [1.807, 2.05) is 23.7 Å². The van der Waals surface area contributed by atoms with Crippen LogP contribution < -0.4 is 5.32 Å². The first-order valence-corrected chi connectivity index (χ1v) is 9.03. The van der Waals surface area contributed by atoms with Crippen molar-refractivity contribution in [2.45, 2.75) is 38.6 Å². The number of carbonyl (C=O) groups excluding carboxylic acids is 1. The Kier molecular flexibility index (Phi) is 5.33. The largest absolute Gasteiger partial charge is 0.349 e. The van der Waals surface area contributed by atoms with Gasteiger partial charge in [0.05, 0.1) is 19.0 Å². The zero-order valence-corrected chi connectivity index (χ0v) is 14.2. The van der Waals surface area contributed by atoms with Gasteiger partial charge in [-0.2, -0.15) is 0 Å². The second-order valence-corrected chi connectivity index (χ2v) is 6.60. The molecule has 1 amide bonds. The SMILES string of the molecule is CCCC[C@@H](NC(=O)CC1=CSC2=NCCN12)c1cccnc1. The molecule has 5 nitrogen and oxygen atoms in total. The van der Waals surface area contributed by atoms with Gasteiger partial charge < -0.3 is 10.2 Å². The van der Waals surface area contributed by atoms with Crippen molar-refractivity contribution in [3.8, 4) is 0 Å². The second-order valence-electron chi connectivity index (χ2n) is 5.77. The number of fused-ring (bicyclic) bond motifs is 1. The summed E-state index contributed by atoms with van der Waals surface area (Å²) in [4.78, 5) is 23.2. The normalized spacial score (nSPS) is 17.5. The molecule has 2 aliphatic rings. The fourth-order valence-electron chi connectivity index (χ4n) is 2.84. The van der Waals surface area contributed by atoms with Crippen LogP contribution in [0.25, 0.3) is 0 Å². The fraction of sp³-hybridized carbons (Fsp3) is 0.471. The Labute approximate surface area is 141 Å². The molecule has 1 aromatic rings. The van der Waals surface area contributed by atoms with Gasteiger partial charge in [0.15, 0.2) is 5.17 Å². The number of pyridine rings is 1. The molecule has 1 aromatic heterocycles. The number of aromatic nitrogens is 1. The lowest BCUT2D eigenvalue weighted by atomic mass is 10.0. The van der Waals surface area contributed by atoms with Gasteiger partial charge in [-0.15, -0.1) is 0 Å². The highest BCUT2D eigenvalue weighted by Crippen LogP contribution is 2.31. The molecule has 0 saturated heterocycles. The first-order valence-electron chi connectivity index (χ1n) is 8.15. The van der Waals surface area contributed by atoms with Crippen LogP contribution in [-0.4, -0.2) is 34.0 Å². The van der Waals surface area contributed by atoms with Crippen molar-refractivity contribution >= 4 is 22.8 Å². The van der Waals surface area contributed by atoms with Gasteiger partial charge in [-0.1, -0.05) is 37.6 Å². The standard InChI is InChI=1S/C17H22N4OS/c1-2-3-6-15(13-5-4-7-18-11-13)20-16(22)10-14-12-23-17-19-8-9-21(14)17/h4-5,7,11-12,15H,2-3,6,8-10H2,1H3,(H,20,22)/t15-/m1/s1. The van der Waals surface area contributed by atoms with Crippen molar-refractivity contribution in [2.75, 3.05) is 13.1 Å². The molecule has 122 valence electrons. The number of nitrogens with zero attached hydrogens (tertiary/aromatic N) is 3. The molecule has 1 N–H and O–H groups in total. The van der Waals surface area contributed by atoms with Crippen LogP contribution in [0.2, 0.25) is 0 Å². The fourth-order valence-corrected chi connectivity index (χ4v) is 3.79. The number of rotatable bonds is 7. The Morgan fingerprint density at radius 2 is 2.43 bits per heavy atom. The second kappa shape index (κ2) is 7.64. The van der Waals surface area contributed by atoms with E-state index in [0.29, 0.717) is 6.42 Å². The van der Waals surface area contributed by atoms with E-state index in [-0.39, 0.29) is 11.9 Å². The quantitative estimate of drug-likeness (QED) is 0.835. The number of unbranched alkanes of at least 4 members (excludes halogenated alkanes) is 1. The summed E-state index contributed by atoms with van der Waals surface area (Å²) in [6.45, 7) is 3.89. The van der Waals surface area contributed by atoms with Gasteiger partial charge in [-0.3, -0.25) is 14.8 Å². The smallest absolute Gasteiger partial charge is 0.226 e. The maximum atomic E-state index is 12.5. The highest BCUT2D eigenvalue weighted by molar-refractivity contribution is 8.16. The molecule has 2 aliphatic heterocycles. The maximum absolute atomic E-state index is 12.5. The van der Waals surface area contributed by atoms with Crippen LogP contribution in [0.15, 0.2) is 40.6 Å². The van der Waals surface area contributed by atoms with Crippen LogP contribution >= 0.6 is 11.8 Å². The summed E-state index contributed by atoms with van der Waals surface area (Å²) < 4.78 is 0. The summed E-state index contributed by atoms with van der Waals surface area (Å²) in [5, 5.41) is 6.25. The summed E-state index contributed by atoms with van der Waals surface area (Å²) in [7, 11) is 0. The number of thioether (sulfide) groups is 1. The third-order valence-corrected chi connectivity index (χ3v) is 5.01. The van der Waals surface area contributed by atoms with Crippen molar-refractivity contribution in [3.63, 3.8) is 0 Å². The van der Waals surface area contributed by atoms with Gasteiger partial charge in [0, 0.05) is 24.6 Å². The van der Waals surface area contributed by atoms with Crippen LogP contribution in [0.4, 0.5) is 0 Å². The van der Waals surface area contributed by atoms with Crippen LogP contribution in [0.5, 0.6) is 0 Å². The van der Waals surface area contributed by atoms with Gasteiger partial charge in [0.1, 0.15) is 0 Å². The Morgan fingerprint density at radius 3 is 3.22 bits per heavy atom. The zero-order valence-electron chi connectivity index (χ0n) is 13.4. The minimum Gasteiger partial charge on any atom is -0.349 e. The van der Waals surface area contributed by atoms with Gasteiger partial charge in [0.2, 0.25) is 5.91 Å². The summed E-state index contributed by atoms with van der Waals surface area (Å²) in [5.74, 6) is 0.0648. The molecule has 0 bridgehead atoms. The summed E-state index contributed by atoms with van der Waals surface area (Å²) >= 11 is 1.62. The molecule has 0 aliphatic carbocycles. The number of amides is 1. The van der Waals surface area contributed by atoms with Crippen LogP contribution in [0.1, 0.15) is 44.2 Å². The van der Waals surface area contributed by atoms with E-state index in [0.717, 1.165) is 48.8 Å². The third kappa shape index (κ3) is 3.93. The van der Waals surface area contributed by atoms with Crippen LogP contribution in [0, 0.1) is 0 Å². The minimum absolute atomic E-state index is 0.0394. The predicted octanol–water partition coefficient (Wildman–Crippen LogP) is 3.08. The van der Waals surface area contributed by atoms with Gasteiger partial charge in [-0.05, 0) is 23.5 Å². The molecule has 3 heterocycles. The highest BCUT2D eigenvalue weighted by atomic mass is 32.2. The first kappa shape index (κ1) is 16.1. The molecule has 0 radical (unpaired) electrons. The number of aliphatic imine (C=N–C) groups is 1. The van der Waals surface area contributed by atoms with E-state index in [9.17, 15) is 4.79 Å². The topological polar surface area (TPSA) is 57.6 Å². The van der Waals surface area contributed by atoms with Gasteiger partial charge >= 0.3 is 0 Å². The average molecular weight is 330 g/mol. The number of carbonyl (C=O) groups is 1. The maximum Gasteiger partial charge on any atom is 0.226 e. The third-order valence-electron chi connectivity index (χ3n) is 4.06. The van der Waals surface area contributed by atoms with E-state index < -0.39 is 0 Å². The van der Waals surface area contributed by atoms with E-state index in [1.165, 1.54) is 0 Å². The Balaban J connectivity index is 1.61. The van der Waals surface area contributed by atoms with E-state index in [4.69, 9.17) is 0 Å². The molecular formula is C17H22N4OS. The molecule has 23 heavy (non-hydrogen) atoms. The number of hydrogen-bond donors (Lipinski definition) is 1. The molecule has 3 rings (SSSR count). The Bertz CT molecular complexity index is 614. The summed E-state index contributed by atoms with van der Waals surface area (Å²) in [6.07, 6.45) is 7.16. The van der Waals surface area contributed by atoms with Crippen molar-refractivity contribution in [3.05, 3.63) is 41.2 Å². The van der Waals surface area contributed by atoms with Crippen molar-refractivity contribution in [2.24, 2.45) is 4.99 Å². The molecule has 1 atom stereocenters. The molecule has 0 unspecified atom stereocenters. The lowest BCUT2D eigenvalue weighted by Gasteiger charge is -2.21. The molecule has 0 aromatic carbocycles. The number of nitrogens with one attached hydrogen (secondary N) is 1. The Hall–Kier alpha value is -1.82. The van der Waals surface area contributed by atoms with Gasteiger partial charge in [0.25, 0.3) is 0 Å². The van der Waals surface area contributed by atoms with E-state index >= 15 is 0 Å². The molecule has 0 spiro atoms. The van der Waals surface area contributed by atoms with Crippen molar-refractivity contribution in [1.29, 1.82) is 0 Å². The lowest BCUT2D eigenvalue weighted by molar-refractivity contribution is -0.121. The molecular weight excluding hydrogens is 308 g/mol. The highest BCUT2D eigenvalue weighted by Gasteiger charge is 2.27. The first-order chi connectivity index (χ1) is 11.3. The molecule has 0 fully saturated rings. The lowest BCUT2D eigenvalue weighted by Crippen LogP contribution is -2.31. The number of amidine groups is 1. The summed E-state index contributed by atoms with van der Waals surface area (Å²) in [6, 6.07) is 3.99. The summed E-state index contributed by atoms with van der Waals surface area (Å²) in [5.41, 5.74) is 2.14. The van der Waals surface area contributed by atoms with E-state index in [2.05, 4.69) is 27.1 Å². The monoisotopic (exact) mass is 330 g/mol. The van der Waals surface area contributed by atoms with E-state index in [1.54, 1.807) is 18.0 Å². The van der Waals surface area contributed by atoms with Crippen LogP contribution in [-0.2, 0) is 4.79 Å². The van der Waals surface area contributed by atoms with Gasteiger partial charge in [-0.25, -0.2) is 0 Å². The Morgan fingerprint density at radius 1 is 1.52 bits per heavy atom. The zero-order chi connectivity index (χ0) is 16.1. The molecule has 0 saturated carbocycles. The predicted molar refractivity (Wildman–Crippen MR) is 93.9 cm³/mol. The number of hydrogen-bond acceptors (Lipinski definition) is 5. The van der Waals surface area contributed by atoms with Crippen molar-refractivity contribution < 1.29 is 4.79 Å². The molecule has 6 heteroatoms. The van der Waals surface area contributed by atoms with Crippen LogP contribution in [0.3, 0.4) is 0 Å². The average Bonchev–Trinajstić information content (AvgIpc) is 3.17. The van der Waals surface area contributed by atoms with Crippen molar-refractivity contribution in [1.82, 2.24) is 15.2 Å². The minimum atomic E-state index is 0.0394.